The van der Waals surface area contributed by atoms with E-state index in [0.29, 0.717) is 23.1 Å². The predicted octanol–water partition coefficient (Wildman–Crippen LogP) is 3.62. The maximum atomic E-state index is 12.9. The smallest absolute Gasteiger partial charge is 0.247 e. The van der Waals surface area contributed by atoms with Gasteiger partial charge >= 0.3 is 0 Å². The molecule has 0 aliphatic rings. The van der Waals surface area contributed by atoms with Crippen molar-refractivity contribution >= 4 is 27.3 Å². The Morgan fingerprint density at radius 1 is 1.00 bits per heavy atom. The second-order valence-electron chi connectivity index (χ2n) is 7.04. The van der Waals surface area contributed by atoms with Gasteiger partial charge < -0.3 is 14.8 Å². The summed E-state index contributed by atoms with van der Waals surface area (Å²) in [5, 5.41) is 2.78. The first-order valence-electron chi connectivity index (χ1n) is 9.20. The van der Waals surface area contributed by atoms with Gasteiger partial charge in [0.05, 0.1) is 26.2 Å². The summed E-state index contributed by atoms with van der Waals surface area (Å²) in [4.78, 5) is 12.9. The van der Waals surface area contributed by atoms with Crippen molar-refractivity contribution in [1.82, 2.24) is 0 Å². The number of nitrogens with zero attached hydrogens (tertiary/aromatic N) is 1. The molecular weight excluding hydrogens is 392 g/mol. The van der Waals surface area contributed by atoms with E-state index in [0.717, 1.165) is 16.1 Å². The Kier molecular flexibility index (Phi) is 7.13. The van der Waals surface area contributed by atoms with Gasteiger partial charge in [0.15, 0.2) is 0 Å². The van der Waals surface area contributed by atoms with Gasteiger partial charge in [-0.25, -0.2) is 8.42 Å². The molecule has 1 N–H and O–H groups in total. The molecule has 2 aromatic carbocycles. The van der Waals surface area contributed by atoms with Crippen molar-refractivity contribution in [2.75, 3.05) is 30.1 Å². The summed E-state index contributed by atoms with van der Waals surface area (Å²) < 4.78 is 36.7. The minimum absolute atomic E-state index is 0.229. The summed E-state index contributed by atoms with van der Waals surface area (Å²) in [6, 6.07) is 11.2. The number of methoxy groups -OCH3 is 2. The van der Waals surface area contributed by atoms with Crippen LogP contribution in [0.1, 0.15) is 32.3 Å². The Labute approximate surface area is 172 Å². The molecule has 0 spiro atoms. The first-order valence-corrected chi connectivity index (χ1v) is 11.1. The van der Waals surface area contributed by atoms with Crippen LogP contribution >= 0.6 is 0 Å². The molecule has 0 radical (unpaired) electrons. The molecular formula is C21H28N2O5S. The lowest BCUT2D eigenvalue weighted by Crippen LogP contribution is -2.45. The van der Waals surface area contributed by atoms with Crippen LogP contribution in [0.3, 0.4) is 0 Å². The van der Waals surface area contributed by atoms with Crippen molar-refractivity contribution < 1.29 is 22.7 Å². The van der Waals surface area contributed by atoms with E-state index in [9.17, 15) is 13.2 Å². The van der Waals surface area contributed by atoms with Crippen molar-refractivity contribution in [3.05, 3.63) is 48.0 Å². The van der Waals surface area contributed by atoms with Crippen molar-refractivity contribution in [3.63, 3.8) is 0 Å². The molecule has 0 aromatic heterocycles. The maximum Gasteiger partial charge on any atom is 0.247 e. The van der Waals surface area contributed by atoms with Crippen LogP contribution in [0.15, 0.2) is 42.5 Å². The van der Waals surface area contributed by atoms with Gasteiger partial charge in [-0.1, -0.05) is 26.0 Å². The molecule has 7 nitrogen and oxygen atoms in total. The van der Waals surface area contributed by atoms with Crippen LogP contribution < -0.4 is 19.1 Å². The Morgan fingerprint density at radius 2 is 1.62 bits per heavy atom. The Balaban J connectivity index is 2.37. The highest BCUT2D eigenvalue weighted by Gasteiger charge is 2.31. The minimum Gasteiger partial charge on any atom is -0.497 e. The van der Waals surface area contributed by atoms with Gasteiger partial charge in [-0.15, -0.1) is 0 Å². The second-order valence-corrected chi connectivity index (χ2v) is 8.90. The monoisotopic (exact) mass is 420 g/mol. The largest absolute Gasteiger partial charge is 0.497 e. The van der Waals surface area contributed by atoms with E-state index in [2.05, 4.69) is 19.2 Å². The lowest BCUT2D eigenvalue weighted by Gasteiger charge is -2.29. The first-order chi connectivity index (χ1) is 13.6. The van der Waals surface area contributed by atoms with Crippen LogP contribution in [0.5, 0.6) is 11.5 Å². The summed E-state index contributed by atoms with van der Waals surface area (Å²) in [7, 11) is -0.876. The van der Waals surface area contributed by atoms with E-state index in [4.69, 9.17) is 9.47 Å². The number of nitrogens with one attached hydrogen (secondary N) is 1. The number of amides is 1. The van der Waals surface area contributed by atoms with E-state index in [1.54, 1.807) is 24.3 Å². The molecule has 0 heterocycles. The highest BCUT2D eigenvalue weighted by Crippen LogP contribution is 2.35. The molecule has 2 aromatic rings. The number of sulfonamides is 1. The second kappa shape index (κ2) is 9.17. The molecule has 1 unspecified atom stereocenters. The molecule has 29 heavy (non-hydrogen) atoms. The number of ether oxygens (including phenoxy) is 2. The lowest BCUT2D eigenvalue weighted by atomic mass is 10.0. The number of carbonyl (C=O) groups excluding carboxylic acids is 1. The van der Waals surface area contributed by atoms with Crippen molar-refractivity contribution in [2.24, 2.45) is 0 Å². The van der Waals surface area contributed by atoms with Crippen LogP contribution in [-0.2, 0) is 14.8 Å². The molecule has 8 heteroatoms. The molecule has 0 aliphatic carbocycles. The summed E-state index contributed by atoms with van der Waals surface area (Å²) in [6.45, 7) is 5.69. The third-order valence-corrected chi connectivity index (χ3v) is 5.78. The average Bonchev–Trinajstić information content (AvgIpc) is 2.67. The van der Waals surface area contributed by atoms with E-state index in [1.807, 2.05) is 12.1 Å². The fraction of sp³-hybridized carbons (Fsp3) is 0.381. The molecule has 2 rings (SSSR count). The molecule has 0 saturated heterocycles. The molecule has 1 atom stereocenters. The van der Waals surface area contributed by atoms with Gasteiger partial charge in [0.25, 0.3) is 0 Å². The van der Waals surface area contributed by atoms with E-state index >= 15 is 0 Å². The summed E-state index contributed by atoms with van der Waals surface area (Å²) in [6.07, 6.45) is 1.05. The minimum atomic E-state index is -3.79. The number of hydrogen-bond donors (Lipinski definition) is 1. The maximum absolute atomic E-state index is 12.9. The topological polar surface area (TPSA) is 84.9 Å². The van der Waals surface area contributed by atoms with Crippen LogP contribution in [0.2, 0.25) is 0 Å². The van der Waals surface area contributed by atoms with E-state index < -0.39 is 22.0 Å². The number of hydrogen-bond acceptors (Lipinski definition) is 5. The first kappa shape index (κ1) is 22.5. The Hall–Kier alpha value is -2.74. The van der Waals surface area contributed by atoms with Crippen LogP contribution in [-0.4, -0.2) is 40.8 Å². The fourth-order valence-electron chi connectivity index (χ4n) is 2.95. The number of anilines is 2. The summed E-state index contributed by atoms with van der Waals surface area (Å²) in [5.41, 5.74) is 1.97. The highest BCUT2D eigenvalue weighted by molar-refractivity contribution is 7.92. The number of carbonyl (C=O) groups is 1. The zero-order chi connectivity index (χ0) is 21.8. The molecule has 158 valence electrons. The van der Waals surface area contributed by atoms with Gasteiger partial charge in [0.2, 0.25) is 15.9 Å². The van der Waals surface area contributed by atoms with Gasteiger partial charge in [-0.2, -0.15) is 0 Å². The third-order valence-electron chi connectivity index (χ3n) is 4.56. The lowest BCUT2D eigenvalue weighted by molar-refractivity contribution is -0.116. The van der Waals surface area contributed by atoms with Crippen molar-refractivity contribution in [3.8, 4) is 11.5 Å². The van der Waals surface area contributed by atoms with E-state index in [1.165, 1.54) is 27.2 Å². The Morgan fingerprint density at radius 3 is 2.10 bits per heavy atom. The van der Waals surface area contributed by atoms with Crippen LogP contribution in [0.4, 0.5) is 11.4 Å². The Bertz CT molecular complexity index is 956. The average molecular weight is 421 g/mol. The zero-order valence-corrected chi connectivity index (χ0v) is 18.4. The van der Waals surface area contributed by atoms with Gasteiger partial charge in [-0.05, 0) is 42.7 Å². The fourth-order valence-corrected chi connectivity index (χ4v) is 4.12. The summed E-state index contributed by atoms with van der Waals surface area (Å²) >= 11 is 0. The highest BCUT2D eigenvalue weighted by atomic mass is 32.2. The standard InChI is InChI=1S/C21H28N2O5S/c1-14(2)16-7-9-17(10-8-16)22-21(24)15(3)23(29(6,25)26)19-13-18(27-4)11-12-20(19)28-5/h7-15H,1-6H3,(H,22,24). The number of rotatable bonds is 8. The van der Waals surface area contributed by atoms with E-state index in [-0.39, 0.29) is 5.69 Å². The summed E-state index contributed by atoms with van der Waals surface area (Å²) in [5.74, 6) is 0.681. The number of benzene rings is 2. The molecule has 0 saturated carbocycles. The SMILES string of the molecule is COc1ccc(OC)c(N(C(C)C(=O)Nc2ccc(C(C)C)cc2)S(C)(=O)=O)c1. The third kappa shape index (κ3) is 5.41. The molecule has 0 aliphatic heterocycles. The van der Waals surface area contributed by atoms with Crippen LogP contribution in [0.25, 0.3) is 0 Å². The zero-order valence-electron chi connectivity index (χ0n) is 17.6. The van der Waals surface area contributed by atoms with Crippen molar-refractivity contribution in [2.45, 2.75) is 32.7 Å². The van der Waals surface area contributed by atoms with Gasteiger partial charge in [0.1, 0.15) is 17.5 Å². The predicted molar refractivity (Wildman–Crippen MR) is 115 cm³/mol. The quantitative estimate of drug-likeness (QED) is 0.705. The van der Waals surface area contributed by atoms with Crippen LogP contribution in [0, 0.1) is 0 Å². The molecule has 0 fully saturated rings. The van der Waals surface area contributed by atoms with Crippen molar-refractivity contribution in [1.29, 1.82) is 0 Å². The molecule has 0 bridgehead atoms. The van der Waals surface area contributed by atoms with Gasteiger partial charge in [0, 0.05) is 11.8 Å². The normalized spacial score (nSPS) is 12.4. The molecule has 1 amide bonds. The van der Waals surface area contributed by atoms with Gasteiger partial charge in [-0.3, -0.25) is 9.10 Å².